The van der Waals surface area contributed by atoms with Gasteiger partial charge in [0.25, 0.3) is 0 Å². The van der Waals surface area contributed by atoms with Crippen LogP contribution in [0.4, 0.5) is 8.78 Å². The lowest BCUT2D eigenvalue weighted by Gasteiger charge is -2.10. The van der Waals surface area contributed by atoms with Crippen molar-refractivity contribution in [3.8, 4) is 32.3 Å². The van der Waals surface area contributed by atoms with Crippen LogP contribution in [-0.4, -0.2) is 21.6 Å². The summed E-state index contributed by atoms with van der Waals surface area (Å²) in [5.41, 5.74) is 3.32. The second-order valence-corrected chi connectivity index (χ2v) is 13.8. The molecular weight excluding hydrogens is 656 g/mol. The molecule has 38 heavy (non-hydrogen) atoms. The number of hydrogen-bond donors (Lipinski definition) is 0. The summed E-state index contributed by atoms with van der Waals surface area (Å²) >= 11 is 10.2. The molecule has 0 aliphatic heterocycles. The average molecular weight is 681 g/mol. The SMILES string of the molecule is CCCCCCCCOc1c(F)cc(-n2nc3c(-c4ccc(Br)s4)ccc(-c4ccc(Br)s4)c3n2)cc1F. The summed E-state index contributed by atoms with van der Waals surface area (Å²) in [6.45, 7) is 2.45. The van der Waals surface area contributed by atoms with Crippen LogP contribution < -0.4 is 4.74 Å². The molecule has 0 saturated heterocycles. The summed E-state index contributed by atoms with van der Waals surface area (Å²) in [5, 5.41) is 9.40. The highest BCUT2D eigenvalue weighted by atomic mass is 79.9. The number of benzene rings is 2. The van der Waals surface area contributed by atoms with Gasteiger partial charge in [-0.15, -0.1) is 32.9 Å². The number of hydrogen-bond acceptors (Lipinski definition) is 5. The van der Waals surface area contributed by atoms with Crippen molar-refractivity contribution in [3.05, 3.63) is 67.7 Å². The van der Waals surface area contributed by atoms with E-state index in [1.165, 1.54) is 36.2 Å². The molecule has 4 nitrogen and oxygen atoms in total. The lowest BCUT2D eigenvalue weighted by atomic mass is 10.1. The molecule has 5 aromatic rings. The molecule has 0 spiro atoms. The number of unbranched alkanes of at least 4 members (excludes halogenated alkanes) is 5. The van der Waals surface area contributed by atoms with E-state index < -0.39 is 11.6 Å². The maximum Gasteiger partial charge on any atom is 0.190 e. The molecule has 0 N–H and O–H groups in total. The molecule has 0 unspecified atom stereocenters. The zero-order chi connectivity index (χ0) is 26.6. The Balaban J connectivity index is 1.47. The van der Waals surface area contributed by atoms with Gasteiger partial charge in [0, 0.05) is 33.0 Å². The van der Waals surface area contributed by atoms with Gasteiger partial charge < -0.3 is 4.74 Å². The first-order valence-corrected chi connectivity index (χ1v) is 15.7. The van der Waals surface area contributed by atoms with Crippen molar-refractivity contribution in [2.75, 3.05) is 6.61 Å². The van der Waals surface area contributed by atoms with Gasteiger partial charge in [-0.05, 0) is 62.5 Å². The Morgan fingerprint density at radius 1 is 0.763 bits per heavy atom. The zero-order valence-corrected chi connectivity index (χ0v) is 25.5. The van der Waals surface area contributed by atoms with E-state index in [1.54, 1.807) is 22.7 Å². The molecule has 10 heteroatoms. The number of rotatable bonds is 11. The Kier molecular flexibility index (Phi) is 8.92. The van der Waals surface area contributed by atoms with Crippen LogP contribution in [0.5, 0.6) is 5.75 Å². The molecule has 3 aromatic heterocycles. The molecular formula is C28H25Br2F2N3OS2. The minimum absolute atomic E-state index is 0.194. The third-order valence-electron chi connectivity index (χ3n) is 6.18. The fourth-order valence-corrected chi connectivity index (χ4v) is 7.11. The quantitative estimate of drug-likeness (QED) is 0.130. The number of halogens is 4. The minimum atomic E-state index is -0.767. The Morgan fingerprint density at radius 2 is 1.29 bits per heavy atom. The van der Waals surface area contributed by atoms with Crippen molar-refractivity contribution < 1.29 is 13.5 Å². The van der Waals surface area contributed by atoms with Crippen molar-refractivity contribution in [1.82, 2.24) is 15.0 Å². The van der Waals surface area contributed by atoms with Gasteiger partial charge >= 0.3 is 0 Å². The molecule has 0 atom stereocenters. The first kappa shape index (κ1) is 27.4. The minimum Gasteiger partial charge on any atom is -0.488 e. The summed E-state index contributed by atoms with van der Waals surface area (Å²) < 4.78 is 37.4. The summed E-state index contributed by atoms with van der Waals surface area (Å²) in [7, 11) is 0. The number of aromatic nitrogens is 3. The number of fused-ring (bicyclic) bond motifs is 1. The van der Waals surface area contributed by atoms with Crippen LogP contribution in [0, 0.1) is 11.6 Å². The van der Waals surface area contributed by atoms with Gasteiger partial charge in [-0.1, -0.05) is 51.2 Å². The molecule has 0 fully saturated rings. The molecule has 198 valence electrons. The van der Waals surface area contributed by atoms with Crippen LogP contribution in [0.15, 0.2) is 56.1 Å². The van der Waals surface area contributed by atoms with Crippen molar-refractivity contribution in [2.45, 2.75) is 45.4 Å². The summed E-state index contributed by atoms with van der Waals surface area (Å²) in [5.74, 6) is -1.89. The normalized spacial score (nSPS) is 11.5. The maximum atomic E-state index is 15.0. The highest BCUT2D eigenvalue weighted by Crippen LogP contribution is 2.40. The van der Waals surface area contributed by atoms with Gasteiger partial charge in [0.05, 0.1) is 19.9 Å². The molecule has 0 amide bonds. The Hall–Kier alpha value is -2.14. The van der Waals surface area contributed by atoms with E-state index in [-0.39, 0.29) is 18.0 Å². The highest BCUT2D eigenvalue weighted by Gasteiger charge is 2.20. The van der Waals surface area contributed by atoms with Crippen molar-refractivity contribution in [3.63, 3.8) is 0 Å². The van der Waals surface area contributed by atoms with Gasteiger partial charge in [0.15, 0.2) is 17.4 Å². The number of ether oxygens (including phenoxy) is 1. The monoisotopic (exact) mass is 679 g/mol. The fourth-order valence-electron chi connectivity index (χ4n) is 4.28. The second kappa shape index (κ2) is 12.4. The second-order valence-electron chi connectivity index (χ2n) is 8.91. The lowest BCUT2D eigenvalue weighted by Crippen LogP contribution is -2.05. The summed E-state index contributed by atoms with van der Waals surface area (Å²) in [6, 6.07) is 14.5. The molecule has 0 aliphatic carbocycles. The van der Waals surface area contributed by atoms with Gasteiger partial charge in [0.1, 0.15) is 11.0 Å². The summed E-state index contributed by atoms with van der Waals surface area (Å²) in [6.07, 6.45) is 6.42. The fraction of sp³-hybridized carbons (Fsp3) is 0.286. The van der Waals surface area contributed by atoms with E-state index in [1.807, 2.05) is 36.4 Å². The molecule has 0 aliphatic rings. The summed E-state index contributed by atoms with van der Waals surface area (Å²) in [4.78, 5) is 3.33. The van der Waals surface area contributed by atoms with Crippen LogP contribution >= 0.6 is 54.5 Å². The largest absolute Gasteiger partial charge is 0.488 e. The van der Waals surface area contributed by atoms with Gasteiger partial charge in [-0.2, -0.15) is 4.80 Å². The van der Waals surface area contributed by atoms with E-state index in [0.717, 1.165) is 47.7 Å². The molecule has 0 radical (unpaired) electrons. The van der Waals surface area contributed by atoms with E-state index >= 15 is 0 Å². The van der Waals surface area contributed by atoms with E-state index in [2.05, 4.69) is 38.8 Å². The third kappa shape index (κ3) is 6.03. The first-order valence-electron chi connectivity index (χ1n) is 12.5. The Labute approximate surface area is 244 Å². The van der Waals surface area contributed by atoms with Crippen molar-refractivity contribution >= 4 is 65.6 Å². The van der Waals surface area contributed by atoms with Crippen LogP contribution in [0.1, 0.15) is 45.4 Å². The van der Waals surface area contributed by atoms with E-state index in [0.29, 0.717) is 11.0 Å². The molecule has 0 bridgehead atoms. The molecule has 0 saturated carbocycles. The zero-order valence-electron chi connectivity index (χ0n) is 20.6. The topological polar surface area (TPSA) is 39.9 Å². The van der Waals surface area contributed by atoms with Gasteiger partial charge in [-0.25, -0.2) is 8.78 Å². The standard InChI is InChI=1S/C28H25Br2F2N3OS2/c1-2-3-4-5-6-7-14-36-28-20(31)15-17(16-21(28)32)35-33-26-18(22-10-12-24(29)37-22)8-9-19(27(26)34-35)23-11-13-25(30)38-23/h8-13,15-16H,2-7,14H2,1H3. The molecule has 2 aromatic carbocycles. The van der Waals surface area contributed by atoms with E-state index in [4.69, 9.17) is 14.9 Å². The maximum absolute atomic E-state index is 15.0. The Morgan fingerprint density at radius 3 is 1.79 bits per heavy atom. The van der Waals surface area contributed by atoms with E-state index in [9.17, 15) is 8.78 Å². The first-order chi connectivity index (χ1) is 18.4. The smallest absolute Gasteiger partial charge is 0.190 e. The van der Waals surface area contributed by atoms with Crippen LogP contribution in [0.3, 0.4) is 0 Å². The van der Waals surface area contributed by atoms with Crippen LogP contribution in [-0.2, 0) is 0 Å². The number of thiophene rings is 2. The predicted molar refractivity (Wildman–Crippen MR) is 160 cm³/mol. The van der Waals surface area contributed by atoms with Crippen molar-refractivity contribution in [2.24, 2.45) is 0 Å². The van der Waals surface area contributed by atoms with Gasteiger partial charge in [0.2, 0.25) is 0 Å². The molecule has 5 rings (SSSR count). The molecule has 3 heterocycles. The van der Waals surface area contributed by atoms with Gasteiger partial charge in [-0.3, -0.25) is 0 Å². The van der Waals surface area contributed by atoms with Crippen molar-refractivity contribution in [1.29, 1.82) is 0 Å². The average Bonchev–Trinajstić information content (AvgIpc) is 3.64. The van der Waals surface area contributed by atoms with Crippen LogP contribution in [0.2, 0.25) is 0 Å². The predicted octanol–water partition coefficient (Wildman–Crippen LogP) is 10.4. The third-order valence-corrected chi connectivity index (χ3v) is 9.49. The Bertz CT molecular complexity index is 1460. The highest BCUT2D eigenvalue weighted by molar-refractivity contribution is 9.11. The van der Waals surface area contributed by atoms with Crippen LogP contribution in [0.25, 0.3) is 37.6 Å². The lowest BCUT2D eigenvalue weighted by molar-refractivity contribution is 0.275. The number of nitrogens with zero attached hydrogens (tertiary/aromatic N) is 3.